The predicted molar refractivity (Wildman–Crippen MR) is 85.5 cm³/mol. The molecular weight excluding hydrogens is 301 g/mol. The van der Waals surface area contributed by atoms with Gasteiger partial charge in [0.15, 0.2) is 11.6 Å². The summed E-state index contributed by atoms with van der Waals surface area (Å²) in [7, 11) is 0. The van der Waals surface area contributed by atoms with Crippen LogP contribution in [-0.4, -0.2) is 34.1 Å². The number of hydrogen-bond acceptors (Lipinski definition) is 6. The number of anilines is 1. The topological polar surface area (TPSA) is 62.7 Å². The lowest BCUT2D eigenvalue weighted by atomic mass is 10.2. The molecule has 0 amide bonds. The molecule has 0 unspecified atom stereocenters. The summed E-state index contributed by atoms with van der Waals surface area (Å²) >= 11 is 1.59. The fraction of sp³-hybridized carbons (Fsp3) is 0.267. The summed E-state index contributed by atoms with van der Waals surface area (Å²) in [6, 6.07) is 3.88. The van der Waals surface area contributed by atoms with Gasteiger partial charge in [-0.15, -0.1) is 11.3 Å². The first kappa shape index (κ1) is 13.5. The second kappa shape index (κ2) is 5.58. The van der Waals surface area contributed by atoms with Gasteiger partial charge in [0.05, 0.1) is 22.0 Å². The minimum Gasteiger partial charge on any atom is -0.365 e. The van der Waals surface area contributed by atoms with E-state index in [1.54, 1.807) is 23.6 Å². The monoisotopic (exact) mass is 315 g/mol. The molecule has 4 rings (SSSR count). The van der Waals surface area contributed by atoms with E-state index in [9.17, 15) is 4.39 Å². The molecule has 0 bridgehead atoms. The highest BCUT2D eigenvalue weighted by molar-refractivity contribution is 7.17. The van der Waals surface area contributed by atoms with Crippen LogP contribution in [0.3, 0.4) is 0 Å². The Labute approximate surface area is 130 Å². The maximum Gasteiger partial charge on any atom is 0.165 e. The Morgan fingerprint density at radius 3 is 3.09 bits per heavy atom. The Morgan fingerprint density at radius 2 is 2.27 bits per heavy atom. The van der Waals surface area contributed by atoms with Crippen LogP contribution in [0, 0.1) is 5.82 Å². The molecule has 2 N–H and O–H groups in total. The number of pyridine rings is 1. The van der Waals surface area contributed by atoms with E-state index >= 15 is 0 Å². The summed E-state index contributed by atoms with van der Waals surface area (Å²) in [4.78, 5) is 12.8. The molecule has 3 aromatic rings. The lowest BCUT2D eigenvalue weighted by Gasteiger charge is -2.13. The first-order chi connectivity index (χ1) is 10.8. The van der Waals surface area contributed by atoms with Gasteiger partial charge in [-0.3, -0.25) is 4.98 Å². The number of nitrogens with one attached hydrogen (secondary N) is 2. The molecule has 1 aliphatic heterocycles. The highest BCUT2D eigenvalue weighted by Gasteiger charge is 2.18. The van der Waals surface area contributed by atoms with Gasteiger partial charge >= 0.3 is 0 Å². The van der Waals surface area contributed by atoms with Gasteiger partial charge in [-0.05, 0) is 30.5 Å². The summed E-state index contributed by atoms with van der Waals surface area (Å²) in [6.45, 7) is 1.91. The van der Waals surface area contributed by atoms with Gasteiger partial charge in [0, 0.05) is 18.8 Å². The third-order valence-corrected chi connectivity index (χ3v) is 4.63. The second-order valence-corrected chi connectivity index (χ2v) is 6.14. The van der Waals surface area contributed by atoms with Crippen molar-refractivity contribution in [2.75, 3.05) is 18.4 Å². The van der Waals surface area contributed by atoms with Crippen molar-refractivity contribution in [1.82, 2.24) is 20.3 Å². The van der Waals surface area contributed by atoms with Crippen LogP contribution in [-0.2, 0) is 0 Å². The summed E-state index contributed by atoms with van der Waals surface area (Å²) in [5, 5.41) is 8.75. The van der Waals surface area contributed by atoms with Crippen LogP contribution in [0.25, 0.3) is 21.6 Å². The molecule has 0 spiro atoms. The molecule has 1 saturated heterocycles. The molecule has 0 aliphatic carbocycles. The van der Waals surface area contributed by atoms with E-state index in [0.29, 0.717) is 17.4 Å². The summed E-state index contributed by atoms with van der Waals surface area (Å²) in [6.07, 6.45) is 3.79. The van der Waals surface area contributed by atoms with E-state index in [0.717, 1.165) is 35.5 Å². The molecule has 1 aliphatic rings. The zero-order chi connectivity index (χ0) is 14.9. The molecule has 22 heavy (non-hydrogen) atoms. The molecule has 1 fully saturated rings. The minimum atomic E-state index is -0.412. The summed E-state index contributed by atoms with van der Waals surface area (Å²) < 4.78 is 15.0. The van der Waals surface area contributed by atoms with Gasteiger partial charge in [0.1, 0.15) is 5.82 Å². The van der Waals surface area contributed by atoms with Gasteiger partial charge in [-0.2, -0.15) is 0 Å². The maximum atomic E-state index is 14.0. The fourth-order valence-electron chi connectivity index (χ4n) is 2.61. The van der Waals surface area contributed by atoms with E-state index in [1.165, 1.54) is 6.20 Å². The molecule has 4 heterocycles. The number of fused-ring (bicyclic) bond motifs is 1. The van der Waals surface area contributed by atoms with E-state index in [-0.39, 0.29) is 0 Å². The second-order valence-electron chi connectivity index (χ2n) is 5.22. The van der Waals surface area contributed by atoms with Crippen LogP contribution in [0.1, 0.15) is 6.42 Å². The lowest BCUT2D eigenvalue weighted by Crippen LogP contribution is -2.22. The summed E-state index contributed by atoms with van der Waals surface area (Å²) in [5.41, 5.74) is 1.20. The molecular formula is C15H14FN5S. The Hall–Kier alpha value is -2.12. The third-order valence-electron chi connectivity index (χ3n) is 3.72. The predicted octanol–water partition coefficient (Wildman–Crippen LogP) is 2.67. The van der Waals surface area contributed by atoms with Crippen LogP contribution in [0.4, 0.5) is 10.2 Å². The smallest absolute Gasteiger partial charge is 0.165 e. The summed E-state index contributed by atoms with van der Waals surface area (Å²) in [5.74, 6) is 0.754. The van der Waals surface area contributed by atoms with Crippen molar-refractivity contribution < 1.29 is 4.39 Å². The minimum absolute atomic E-state index is 0.343. The SMILES string of the molecule is Fc1cnccc1-c1nc(N[C@@H]2CCNC2)c2sccc2n1. The van der Waals surface area contributed by atoms with Gasteiger partial charge in [-0.1, -0.05) is 0 Å². The Bertz CT molecular complexity index is 813. The van der Waals surface area contributed by atoms with Crippen LogP contribution in [0.5, 0.6) is 0 Å². The average molecular weight is 315 g/mol. The van der Waals surface area contributed by atoms with Crippen molar-refractivity contribution in [3.63, 3.8) is 0 Å². The zero-order valence-electron chi connectivity index (χ0n) is 11.7. The number of rotatable bonds is 3. The Morgan fingerprint density at radius 1 is 1.32 bits per heavy atom. The fourth-order valence-corrected chi connectivity index (χ4v) is 3.39. The number of nitrogens with zero attached hydrogens (tertiary/aromatic N) is 3. The molecule has 3 aromatic heterocycles. The molecule has 0 saturated carbocycles. The Kier molecular flexibility index (Phi) is 3.44. The molecule has 0 radical (unpaired) electrons. The number of aromatic nitrogens is 3. The molecule has 7 heteroatoms. The first-order valence-corrected chi connectivity index (χ1v) is 8.01. The standard InChI is InChI=1S/C15H14FN5S/c16-11-8-18-5-2-10(11)14-20-12-3-6-22-13(12)15(21-14)19-9-1-4-17-7-9/h2-3,5-6,8-9,17H,1,4,7H2,(H,19,20,21)/t9-/m1/s1. The van der Waals surface area contributed by atoms with Crippen molar-refractivity contribution in [3.05, 3.63) is 35.7 Å². The lowest BCUT2D eigenvalue weighted by molar-refractivity contribution is 0.623. The van der Waals surface area contributed by atoms with Crippen LogP contribution >= 0.6 is 11.3 Å². The van der Waals surface area contributed by atoms with Crippen molar-refractivity contribution >= 4 is 27.4 Å². The van der Waals surface area contributed by atoms with Gasteiger partial charge in [0.25, 0.3) is 0 Å². The van der Waals surface area contributed by atoms with Gasteiger partial charge < -0.3 is 10.6 Å². The van der Waals surface area contributed by atoms with Crippen molar-refractivity contribution in [3.8, 4) is 11.4 Å². The molecule has 112 valence electrons. The van der Waals surface area contributed by atoms with Crippen LogP contribution < -0.4 is 10.6 Å². The highest BCUT2D eigenvalue weighted by atomic mass is 32.1. The van der Waals surface area contributed by atoms with E-state index < -0.39 is 5.82 Å². The van der Waals surface area contributed by atoms with E-state index in [2.05, 4.69) is 25.6 Å². The van der Waals surface area contributed by atoms with Crippen LogP contribution in [0.2, 0.25) is 0 Å². The van der Waals surface area contributed by atoms with Crippen molar-refractivity contribution in [2.45, 2.75) is 12.5 Å². The molecule has 0 aromatic carbocycles. The normalized spacial score (nSPS) is 18.0. The number of halogens is 1. The first-order valence-electron chi connectivity index (χ1n) is 7.13. The molecule has 1 atom stereocenters. The largest absolute Gasteiger partial charge is 0.365 e. The highest BCUT2D eigenvalue weighted by Crippen LogP contribution is 2.30. The zero-order valence-corrected chi connectivity index (χ0v) is 12.5. The van der Waals surface area contributed by atoms with E-state index in [1.807, 2.05) is 11.4 Å². The quantitative estimate of drug-likeness (QED) is 0.778. The van der Waals surface area contributed by atoms with Gasteiger partial charge in [0.2, 0.25) is 0 Å². The molecule has 5 nitrogen and oxygen atoms in total. The van der Waals surface area contributed by atoms with Crippen molar-refractivity contribution in [2.24, 2.45) is 0 Å². The number of thiophene rings is 1. The maximum absolute atomic E-state index is 14.0. The number of hydrogen-bond donors (Lipinski definition) is 2. The average Bonchev–Trinajstić information content (AvgIpc) is 3.18. The Balaban J connectivity index is 1.81. The van der Waals surface area contributed by atoms with Crippen LogP contribution in [0.15, 0.2) is 29.9 Å². The van der Waals surface area contributed by atoms with E-state index in [4.69, 9.17) is 0 Å². The van der Waals surface area contributed by atoms with Crippen molar-refractivity contribution in [1.29, 1.82) is 0 Å². The third kappa shape index (κ3) is 2.42. The van der Waals surface area contributed by atoms with Gasteiger partial charge in [-0.25, -0.2) is 14.4 Å².